The highest BCUT2D eigenvalue weighted by atomic mass is 32.2. The third-order valence-corrected chi connectivity index (χ3v) is 3.51. The van der Waals surface area contributed by atoms with E-state index in [0.717, 1.165) is 18.6 Å². The van der Waals surface area contributed by atoms with E-state index < -0.39 is 5.54 Å². The van der Waals surface area contributed by atoms with Crippen molar-refractivity contribution in [2.45, 2.75) is 57.4 Å². The molecule has 0 amide bonds. The van der Waals surface area contributed by atoms with Crippen LogP contribution in [0.15, 0.2) is 0 Å². The molecule has 0 spiro atoms. The standard InChI is InChI=1S/C12H24N2OS/c1-10(2)14-12(4,9-13)8-11(3)16-7-5-6-15/h10-11,14-15H,5-8H2,1-4H3. The highest BCUT2D eigenvalue weighted by Crippen LogP contribution is 2.22. The van der Waals surface area contributed by atoms with Gasteiger partial charge in [-0.05, 0) is 39.4 Å². The van der Waals surface area contributed by atoms with E-state index in [4.69, 9.17) is 5.11 Å². The molecule has 0 aliphatic rings. The SMILES string of the molecule is CC(C)NC(C)(C#N)CC(C)SCCCO. The van der Waals surface area contributed by atoms with Crippen LogP contribution in [0.25, 0.3) is 0 Å². The summed E-state index contributed by atoms with van der Waals surface area (Å²) < 4.78 is 0. The predicted molar refractivity (Wildman–Crippen MR) is 70.5 cm³/mol. The first-order valence-electron chi connectivity index (χ1n) is 5.85. The monoisotopic (exact) mass is 244 g/mol. The van der Waals surface area contributed by atoms with Crippen molar-refractivity contribution in [1.82, 2.24) is 5.32 Å². The summed E-state index contributed by atoms with van der Waals surface area (Å²) in [5.74, 6) is 0.959. The van der Waals surface area contributed by atoms with Gasteiger partial charge in [0.25, 0.3) is 0 Å². The minimum absolute atomic E-state index is 0.249. The van der Waals surface area contributed by atoms with Gasteiger partial charge >= 0.3 is 0 Å². The predicted octanol–water partition coefficient (Wildman–Crippen LogP) is 2.16. The van der Waals surface area contributed by atoms with Crippen molar-refractivity contribution >= 4 is 11.8 Å². The number of hydrogen-bond acceptors (Lipinski definition) is 4. The molecule has 94 valence electrons. The summed E-state index contributed by atoms with van der Waals surface area (Å²) in [6.07, 6.45) is 1.66. The fourth-order valence-electron chi connectivity index (χ4n) is 1.76. The zero-order chi connectivity index (χ0) is 12.6. The van der Waals surface area contributed by atoms with Crippen molar-refractivity contribution in [1.29, 1.82) is 5.26 Å². The third-order valence-electron chi connectivity index (χ3n) is 2.25. The average Bonchev–Trinajstić information content (AvgIpc) is 2.16. The first-order chi connectivity index (χ1) is 7.43. The van der Waals surface area contributed by atoms with Gasteiger partial charge in [-0.2, -0.15) is 17.0 Å². The molecular weight excluding hydrogens is 220 g/mol. The highest BCUT2D eigenvalue weighted by Gasteiger charge is 2.26. The van der Waals surface area contributed by atoms with Crippen molar-refractivity contribution in [2.75, 3.05) is 12.4 Å². The van der Waals surface area contributed by atoms with Crippen LogP contribution in [0.2, 0.25) is 0 Å². The van der Waals surface area contributed by atoms with Crippen LogP contribution >= 0.6 is 11.8 Å². The van der Waals surface area contributed by atoms with Gasteiger partial charge in [0.15, 0.2) is 0 Å². The number of rotatable bonds is 8. The zero-order valence-corrected chi connectivity index (χ0v) is 11.6. The number of nitriles is 1. The van der Waals surface area contributed by atoms with Gasteiger partial charge < -0.3 is 5.11 Å². The fourth-order valence-corrected chi connectivity index (χ4v) is 2.91. The van der Waals surface area contributed by atoms with Crippen LogP contribution in [0.3, 0.4) is 0 Å². The Morgan fingerprint density at radius 2 is 2.06 bits per heavy atom. The Hall–Kier alpha value is -0.240. The number of nitrogens with zero attached hydrogens (tertiary/aromatic N) is 1. The molecule has 0 radical (unpaired) electrons. The third kappa shape index (κ3) is 7.10. The average molecular weight is 244 g/mol. The van der Waals surface area contributed by atoms with Gasteiger partial charge in [-0.15, -0.1) is 0 Å². The second-order valence-corrected chi connectivity index (χ2v) is 6.25. The van der Waals surface area contributed by atoms with Gasteiger partial charge in [-0.1, -0.05) is 6.92 Å². The van der Waals surface area contributed by atoms with Crippen LogP contribution in [0.4, 0.5) is 0 Å². The molecule has 0 aliphatic heterocycles. The van der Waals surface area contributed by atoms with Crippen molar-refractivity contribution in [2.24, 2.45) is 0 Å². The maximum absolute atomic E-state index is 9.19. The quantitative estimate of drug-likeness (QED) is 0.642. The minimum Gasteiger partial charge on any atom is -0.396 e. The van der Waals surface area contributed by atoms with Crippen LogP contribution < -0.4 is 5.32 Å². The molecule has 0 aromatic heterocycles. The lowest BCUT2D eigenvalue weighted by molar-refractivity contribution is 0.296. The molecule has 0 saturated heterocycles. The molecule has 2 unspecified atom stereocenters. The summed E-state index contributed by atoms with van der Waals surface area (Å²) in [4.78, 5) is 0. The Bertz CT molecular complexity index is 228. The largest absolute Gasteiger partial charge is 0.396 e. The lowest BCUT2D eigenvalue weighted by Crippen LogP contribution is -2.46. The highest BCUT2D eigenvalue weighted by molar-refractivity contribution is 7.99. The topological polar surface area (TPSA) is 56.0 Å². The summed E-state index contributed by atoms with van der Waals surface area (Å²) in [5, 5.41) is 21.6. The summed E-state index contributed by atoms with van der Waals surface area (Å²) in [5.41, 5.74) is -0.445. The van der Waals surface area contributed by atoms with Gasteiger partial charge in [-0.25, -0.2) is 0 Å². The van der Waals surface area contributed by atoms with E-state index in [2.05, 4.69) is 32.2 Å². The summed E-state index contributed by atoms with van der Waals surface area (Å²) in [6.45, 7) is 8.45. The number of nitrogens with one attached hydrogen (secondary N) is 1. The van der Waals surface area contributed by atoms with Crippen molar-refractivity contribution in [3.8, 4) is 6.07 Å². The smallest absolute Gasteiger partial charge is 0.105 e. The molecule has 0 bridgehead atoms. The van der Waals surface area contributed by atoms with Crippen LogP contribution in [0, 0.1) is 11.3 Å². The molecule has 0 fully saturated rings. The summed E-state index contributed by atoms with van der Waals surface area (Å²) >= 11 is 1.82. The molecule has 4 heteroatoms. The molecule has 16 heavy (non-hydrogen) atoms. The fraction of sp³-hybridized carbons (Fsp3) is 0.917. The molecule has 0 aromatic rings. The Labute approximate surface area is 104 Å². The number of aliphatic hydroxyl groups excluding tert-OH is 1. The Morgan fingerprint density at radius 1 is 1.44 bits per heavy atom. The molecule has 3 nitrogen and oxygen atoms in total. The van der Waals surface area contributed by atoms with E-state index in [1.807, 2.05) is 18.7 Å². The van der Waals surface area contributed by atoms with Gasteiger partial charge in [0.1, 0.15) is 5.54 Å². The van der Waals surface area contributed by atoms with Crippen LogP contribution in [0.5, 0.6) is 0 Å². The van der Waals surface area contributed by atoms with Crippen molar-refractivity contribution in [3.05, 3.63) is 0 Å². The van der Waals surface area contributed by atoms with Gasteiger partial charge in [-0.3, -0.25) is 5.32 Å². The van der Waals surface area contributed by atoms with Crippen molar-refractivity contribution < 1.29 is 5.11 Å². The van der Waals surface area contributed by atoms with Gasteiger partial charge in [0.2, 0.25) is 0 Å². The Kier molecular flexibility index (Phi) is 7.82. The second-order valence-electron chi connectivity index (χ2n) is 4.71. The molecule has 0 aromatic carbocycles. The first-order valence-corrected chi connectivity index (χ1v) is 6.90. The van der Waals surface area contributed by atoms with E-state index in [-0.39, 0.29) is 6.61 Å². The van der Waals surface area contributed by atoms with E-state index in [0.29, 0.717) is 11.3 Å². The molecule has 0 heterocycles. The normalized spacial score (nSPS) is 16.8. The number of aliphatic hydroxyl groups is 1. The van der Waals surface area contributed by atoms with Crippen LogP contribution in [-0.2, 0) is 0 Å². The number of hydrogen-bond donors (Lipinski definition) is 2. The van der Waals surface area contributed by atoms with E-state index in [1.54, 1.807) is 0 Å². The van der Waals surface area contributed by atoms with Gasteiger partial charge in [0, 0.05) is 17.9 Å². The zero-order valence-electron chi connectivity index (χ0n) is 10.8. The van der Waals surface area contributed by atoms with Crippen molar-refractivity contribution in [3.63, 3.8) is 0 Å². The maximum Gasteiger partial charge on any atom is 0.105 e. The Balaban J connectivity index is 4.05. The molecule has 2 atom stereocenters. The molecule has 0 aliphatic carbocycles. The minimum atomic E-state index is -0.445. The first kappa shape index (κ1) is 15.8. The lowest BCUT2D eigenvalue weighted by atomic mass is 9.97. The maximum atomic E-state index is 9.19. The number of thioether (sulfide) groups is 1. The van der Waals surface area contributed by atoms with Gasteiger partial charge in [0.05, 0.1) is 6.07 Å². The summed E-state index contributed by atoms with van der Waals surface area (Å²) in [6, 6.07) is 2.68. The second kappa shape index (κ2) is 7.94. The van der Waals surface area contributed by atoms with Crippen LogP contribution in [0.1, 0.15) is 40.5 Å². The van der Waals surface area contributed by atoms with Crippen LogP contribution in [-0.4, -0.2) is 34.3 Å². The lowest BCUT2D eigenvalue weighted by Gasteiger charge is -2.28. The summed E-state index contributed by atoms with van der Waals surface area (Å²) in [7, 11) is 0. The van der Waals surface area contributed by atoms with E-state index >= 15 is 0 Å². The molecule has 2 N–H and O–H groups in total. The van der Waals surface area contributed by atoms with E-state index in [1.165, 1.54) is 0 Å². The molecular formula is C12H24N2OS. The molecule has 0 rings (SSSR count). The van der Waals surface area contributed by atoms with E-state index in [9.17, 15) is 5.26 Å². The molecule has 0 saturated carbocycles. The Morgan fingerprint density at radius 3 is 2.50 bits per heavy atom.